The molecule has 25 heavy (non-hydrogen) atoms. The molecule has 7 nitrogen and oxygen atoms in total. The number of hydrogen-bond acceptors (Lipinski definition) is 6. The lowest BCUT2D eigenvalue weighted by Gasteiger charge is -2.43. The van der Waals surface area contributed by atoms with Crippen molar-refractivity contribution in [2.45, 2.75) is 12.1 Å². The Morgan fingerprint density at radius 2 is 1.92 bits per heavy atom. The molecule has 0 aliphatic carbocycles. The van der Waals surface area contributed by atoms with Crippen LogP contribution in [0.25, 0.3) is 0 Å². The summed E-state index contributed by atoms with van der Waals surface area (Å²) in [5.74, 6) is 0.836. The molecule has 2 fully saturated rings. The van der Waals surface area contributed by atoms with Crippen molar-refractivity contribution >= 4 is 10.0 Å². The number of ether oxygens (including phenoxy) is 3. The van der Waals surface area contributed by atoms with Crippen LogP contribution >= 0.6 is 0 Å². The molecule has 1 atom stereocenters. The molecule has 0 radical (unpaired) electrons. The highest BCUT2D eigenvalue weighted by atomic mass is 32.2. The molecule has 8 heteroatoms. The molecule has 1 aromatic rings. The van der Waals surface area contributed by atoms with Crippen LogP contribution in [0.1, 0.15) is 5.56 Å². The first-order valence-corrected chi connectivity index (χ1v) is 10.3. The van der Waals surface area contributed by atoms with E-state index in [0.29, 0.717) is 39.5 Å². The minimum Gasteiger partial charge on any atom is -0.497 e. The van der Waals surface area contributed by atoms with Gasteiger partial charge in [-0.2, -0.15) is 4.31 Å². The van der Waals surface area contributed by atoms with Gasteiger partial charge in [-0.25, -0.2) is 8.42 Å². The van der Waals surface area contributed by atoms with Crippen LogP contribution in [0.15, 0.2) is 24.3 Å². The van der Waals surface area contributed by atoms with Crippen molar-refractivity contribution in [3.63, 3.8) is 0 Å². The minimum atomic E-state index is -3.27. The van der Waals surface area contributed by atoms with Crippen LogP contribution in [0.5, 0.6) is 5.75 Å². The number of methoxy groups -OCH3 is 1. The van der Waals surface area contributed by atoms with Crippen LogP contribution < -0.4 is 4.74 Å². The van der Waals surface area contributed by atoms with Crippen LogP contribution in [0.3, 0.4) is 0 Å². The Bertz CT molecular complexity index is 679. The average molecular weight is 370 g/mol. The van der Waals surface area contributed by atoms with E-state index in [-0.39, 0.29) is 0 Å². The second-order valence-corrected chi connectivity index (χ2v) is 8.72. The fourth-order valence-electron chi connectivity index (χ4n) is 3.38. The molecule has 1 unspecified atom stereocenters. The van der Waals surface area contributed by atoms with Crippen molar-refractivity contribution in [2.75, 3.05) is 59.4 Å². The SMILES string of the molecule is COc1ccc(CN2CCOC3(COCCN(S(C)(=O)=O)C3)C2)cc1. The Kier molecular flexibility index (Phi) is 5.65. The molecule has 0 bridgehead atoms. The van der Waals surface area contributed by atoms with E-state index in [1.54, 1.807) is 7.11 Å². The molecule has 3 rings (SSSR count). The standard InChI is InChI=1S/C17H26N2O5S/c1-22-16-5-3-15(4-6-16)11-18-7-10-24-17(12-18)13-19(25(2,20)21)8-9-23-14-17/h3-6H,7-14H2,1-2H3. The Balaban J connectivity index is 1.70. The first-order chi connectivity index (χ1) is 11.9. The van der Waals surface area contributed by atoms with Crippen molar-refractivity contribution in [3.8, 4) is 5.75 Å². The van der Waals surface area contributed by atoms with Gasteiger partial charge in [0.2, 0.25) is 10.0 Å². The first-order valence-electron chi connectivity index (χ1n) is 8.42. The molecule has 0 amide bonds. The number of benzene rings is 1. The second-order valence-electron chi connectivity index (χ2n) is 6.74. The highest BCUT2D eigenvalue weighted by Crippen LogP contribution is 2.25. The number of nitrogens with zero attached hydrogens (tertiary/aromatic N) is 2. The molecule has 2 aliphatic heterocycles. The Morgan fingerprint density at radius 3 is 2.60 bits per heavy atom. The topological polar surface area (TPSA) is 68.3 Å². The van der Waals surface area contributed by atoms with Gasteiger partial charge >= 0.3 is 0 Å². The predicted octanol–water partition coefficient (Wildman–Crippen LogP) is 0.558. The maximum Gasteiger partial charge on any atom is 0.211 e. The molecule has 2 saturated heterocycles. The highest BCUT2D eigenvalue weighted by Gasteiger charge is 2.42. The lowest BCUT2D eigenvalue weighted by molar-refractivity contribution is -0.139. The Labute approximate surface area is 149 Å². The quantitative estimate of drug-likeness (QED) is 0.771. The lowest BCUT2D eigenvalue weighted by Crippen LogP contribution is -2.58. The van der Waals surface area contributed by atoms with Crippen molar-refractivity contribution in [3.05, 3.63) is 29.8 Å². The maximum atomic E-state index is 12.0. The van der Waals surface area contributed by atoms with Gasteiger partial charge in [-0.3, -0.25) is 4.90 Å². The van der Waals surface area contributed by atoms with Gasteiger partial charge in [-0.15, -0.1) is 0 Å². The molecular formula is C17H26N2O5S. The average Bonchev–Trinajstić information content (AvgIpc) is 2.78. The number of hydrogen-bond donors (Lipinski definition) is 0. The molecule has 0 N–H and O–H groups in total. The summed E-state index contributed by atoms with van der Waals surface area (Å²) < 4.78 is 42.3. The third kappa shape index (κ3) is 4.71. The summed E-state index contributed by atoms with van der Waals surface area (Å²) in [7, 11) is -1.61. The lowest BCUT2D eigenvalue weighted by atomic mass is 10.0. The van der Waals surface area contributed by atoms with Gasteiger partial charge in [0.05, 0.1) is 33.2 Å². The third-order valence-corrected chi connectivity index (χ3v) is 5.93. The predicted molar refractivity (Wildman–Crippen MR) is 94.2 cm³/mol. The molecular weight excluding hydrogens is 344 g/mol. The van der Waals surface area contributed by atoms with Gasteiger partial charge in [0.15, 0.2) is 0 Å². The van der Waals surface area contributed by atoms with Crippen LogP contribution in [0.2, 0.25) is 0 Å². The van der Waals surface area contributed by atoms with Crippen molar-refractivity contribution in [2.24, 2.45) is 0 Å². The van der Waals surface area contributed by atoms with E-state index in [1.165, 1.54) is 16.1 Å². The number of sulfonamides is 1. The van der Waals surface area contributed by atoms with E-state index in [0.717, 1.165) is 18.8 Å². The molecule has 140 valence electrons. The Morgan fingerprint density at radius 1 is 1.16 bits per heavy atom. The van der Waals surface area contributed by atoms with Crippen LogP contribution in [0.4, 0.5) is 0 Å². The highest BCUT2D eigenvalue weighted by molar-refractivity contribution is 7.88. The normalized spacial score (nSPS) is 26.5. The zero-order valence-corrected chi connectivity index (χ0v) is 15.6. The zero-order valence-electron chi connectivity index (χ0n) is 14.8. The maximum absolute atomic E-state index is 12.0. The second kappa shape index (κ2) is 7.59. The number of morpholine rings is 1. The van der Waals surface area contributed by atoms with E-state index in [1.807, 2.05) is 24.3 Å². The smallest absolute Gasteiger partial charge is 0.211 e. The zero-order chi connectivity index (χ0) is 17.9. The number of rotatable bonds is 4. The van der Waals surface area contributed by atoms with E-state index in [9.17, 15) is 8.42 Å². The van der Waals surface area contributed by atoms with E-state index < -0.39 is 15.6 Å². The molecule has 1 spiro atoms. The molecule has 2 aliphatic rings. The summed E-state index contributed by atoms with van der Waals surface area (Å²) in [6.45, 7) is 4.34. The van der Waals surface area contributed by atoms with Crippen LogP contribution in [-0.2, 0) is 26.0 Å². The van der Waals surface area contributed by atoms with E-state index in [4.69, 9.17) is 14.2 Å². The molecule has 0 saturated carbocycles. The summed E-state index contributed by atoms with van der Waals surface area (Å²) >= 11 is 0. The monoisotopic (exact) mass is 370 g/mol. The summed E-state index contributed by atoms with van der Waals surface area (Å²) in [6.07, 6.45) is 1.24. The summed E-state index contributed by atoms with van der Waals surface area (Å²) in [5.41, 5.74) is 0.581. The molecule has 0 aromatic heterocycles. The van der Waals surface area contributed by atoms with Crippen molar-refractivity contribution in [1.82, 2.24) is 9.21 Å². The fraction of sp³-hybridized carbons (Fsp3) is 0.647. The van der Waals surface area contributed by atoms with Crippen LogP contribution in [-0.4, -0.2) is 82.6 Å². The van der Waals surface area contributed by atoms with Gasteiger partial charge in [-0.1, -0.05) is 12.1 Å². The summed E-state index contributed by atoms with van der Waals surface area (Å²) in [5, 5.41) is 0. The van der Waals surface area contributed by atoms with E-state index in [2.05, 4.69) is 4.90 Å². The van der Waals surface area contributed by atoms with Crippen molar-refractivity contribution < 1.29 is 22.6 Å². The molecule has 2 heterocycles. The van der Waals surface area contributed by atoms with Gasteiger partial charge in [0.1, 0.15) is 11.4 Å². The van der Waals surface area contributed by atoms with Crippen LogP contribution in [0, 0.1) is 0 Å². The fourth-order valence-corrected chi connectivity index (χ4v) is 4.26. The van der Waals surface area contributed by atoms with E-state index >= 15 is 0 Å². The summed E-state index contributed by atoms with van der Waals surface area (Å²) in [4.78, 5) is 2.29. The third-order valence-electron chi connectivity index (χ3n) is 4.68. The first kappa shape index (κ1) is 18.6. The van der Waals surface area contributed by atoms with Gasteiger partial charge in [0, 0.05) is 32.7 Å². The summed E-state index contributed by atoms with van der Waals surface area (Å²) in [6, 6.07) is 8.00. The van der Waals surface area contributed by atoms with Gasteiger partial charge in [0.25, 0.3) is 0 Å². The van der Waals surface area contributed by atoms with Gasteiger partial charge < -0.3 is 14.2 Å². The largest absolute Gasteiger partial charge is 0.497 e. The van der Waals surface area contributed by atoms with Gasteiger partial charge in [-0.05, 0) is 17.7 Å². The molecule has 1 aromatic carbocycles. The minimum absolute atomic E-state index is 0.338. The van der Waals surface area contributed by atoms with Crippen molar-refractivity contribution in [1.29, 1.82) is 0 Å². The Hall–Kier alpha value is -1.19.